The number of anilines is 2. The first-order valence-corrected chi connectivity index (χ1v) is 13.5. The van der Waals surface area contributed by atoms with Crippen molar-refractivity contribution in [3.8, 4) is 11.5 Å². The second-order valence-electron chi connectivity index (χ2n) is 9.38. The molecule has 0 unspecified atom stereocenters. The molecule has 0 saturated carbocycles. The normalized spacial score (nSPS) is 11.0. The minimum absolute atomic E-state index is 0.302. The molecule has 5 aromatic rings. The van der Waals surface area contributed by atoms with Gasteiger partial charge in [0.25, 0.3) is 11.8 Å². The van der Waals surface area contributed by atoms with E-state index in [9.17, 15) is 9.59 Å². The third-order valence-electron chi connectivity index (χ3n) is 6.37. The average Bonchev–Trinajstić information content (AvgIpc) is 3.08. The largest absolute Gasteiger partial charge is 0.497 e. The van der Waals surface area contributed by atoms with Gasteiger partial charge in [-0.15, -0.1) is 0 Å². The Morgan fingerprint density at radius 2 is 0.705 bits per heavy atom. The number of nitrogens with one attached hydrogen (secondary N) is 2. The van der Waals surface area contributed by atoms with E-state index in [1.165, 1.54) is 0 Å². The summed E-state index contributed by atoms with van der Waals surface area (Å²) < 4.78 is 10.3. The molecule has 0 saturated heterocycles. The lowest BCUT2D eigenvalue weighted by atomic mass is 10.1. The van der Waals surface area contributed by atoms with Crippen molar-refractivity contribution in [1.29, 1.82) is 0 Å². The number of methoxy groups -OCH3 is 2. The number of azo groups is 2. The van der Waals surface area contributed by atoms with Crippen molar-refractivity contribution in [2.24, 2.45) is 20.5 Å². The maximum Gasteiger partial charge on any atom is 0.255 e. The van der Waals surface area contributed by atoms with Gasteiger partial charge in [0.1, 0.15) is 11.5 Å². The predicted octanol–water partition coefficient (Wildman–Crippen LogP) is 9.04. The van der Waals surface area contributed by atoms with E-state index in [1.54, 1.807) is 87.0 Å². The van der Waals surface area contributed by atoms with Crippen LogP contribution in [0.5, 0.6) is 11.5 Å². The Balaban J connectivity index is 1.12. The van der Waals surface area contributed by atoms with Crippen LogP contribution in [-0.2, 0) is 0 Å². The van der Waals surface area contributed by atoms with Gasteiger partial charge in [-0.25, -0.2) is 0 Å². The molecule has 0 spiro atoms. The number of rotatable bonds is 10. The molecule has 0 fully saturated rings. The van der Waals surface area contributed by atoms with Crippen LogP contribution in [0.25, 0.3) is 0 Å². The van der Waals surface area contributed by atoms with Crippen LogP contribution < -0.4 is 20.1 Å². The van der Waals surface area contributed by atoms with Crippen LogP contribution in [-0.4, -0.2) is 26.0 Å². The van der Waals surface area contributed by atoms with Crippen LogP contribution in [0.1, 0.15) is 20.7 Å². The van der Waals surface area contributed by atoms with Gasteiger partial charge >= 0.3 is 0 Å². The van der Waals surface area contributed by atoms with Crippen LogP contribution in [0.2, 0.25) is 0 Å². The molecule has 218 valence electrons. The van der Waals surface area contributed by atoms with Gasteiger partial charge in [-0.1, -0.05) is 0 Å². The van der Waals surface area contributed by atoms with Crippen LogP contribution in [0.15, 0.2) is 142 Å². The highest BCUT2D eigenvalue weighted by Crippen LogP contribution is 2.24. The Morgan fingerprint density at radius 1 is 0.432 bits per heavy atom. The summed E-state index contributed by atoms with van der Waals surface area (Å²) >= 11 is 0. The van der Waals surface area contributed by atoms with Crippen molar-refractivity contribution in [2.45, 2.75) is 0 Å². The van der Waals surface area contributed by atoms with E-state index in [-0.39, 0.29) is 11.8 Å². The van der Waals surface area contributed by atoms with E-state index < -0.39 is 0 Å². The Morgan fingerprint density at radius 3 is 0.977 bits per heavy atom. The van der Waals surface area contributed by atoms with Crippen LogP contribution in [0.3, 0.4) is 0 Å². The molecule has 0 aliphatic heterocycles. The highest BCUT2D eigenvalue weighted by atomic mass is 16.5. The molecule has 0 aliphatic carbocycles. The zero-order valence-corrected chi connectivity index (χ0v) is 24.0. The Bertz CT molecular complexity index is 1630. The lowest BCUT2D eigenvalue weighted by molar-refractivity contribution is 0.101. The molecule has 0 radical (unpaired) electrons. The van der Waals surface area contributed by atoms with Crippen molar-refractivity contribution < 1.29 is 19.1 Å². The lowest BCUT2D eigenvalue weighted by Crippen LogP contribution is -2.14. The summed E-state index contributed by atoms with van der Waals surface area (Å²) in [5, 5.41) is 22.5. The van der Waals surface area contributed by atoms with E-state index in [0.717, 1.165) is 11.5 Å². The Kier molecular flexibility index (Phi) is 9.43. The number of hydrogen-bond donors (Lipinski definition) is 2. The maximum absolute atomic E-state index is 12.8. The molecule has 2 amide bonds. The summed E-state index contributed by atoms with van der Waals surface area (Å²) in [5.41, 5.74) is 4.71. The predicted molar refractivity (Wildman–Crippen MR) is 170 cm³/mol. The Hall–Kier alpha value is -6.16. The highest BCUT2D eigenvalue weighted by molar-refractivity contribution is 6.07. The molecule has 5 aromatic carbocycles. The fraction of sp³-hybridized carbons (Fsp3) is 0.0588. The van der Waals surface area contributed by atoms with Gasteiger partial charge < -0.3 is 20.1 Å². The Labute approximate surface area is 254 Å². The van der Waals surface area contributed by atoms with Crippen molar-refractivity contribution in [2.75, 3.05) is 24.9 Å². The number of nitrogens with zero attached hydrogens (tertiary/aromatic N) is 4. The number of ether oxygens (including phenoxy) is 2. The van der Waals surface area contributed by atoms with E-state index in [4.69, 9.17) is 9.47 Å². The standard InChI is InChI=1S/C34H28N6O4/c1-43-31-19-15-29(16-20-31)39-37-27-11-7-25(8-12-27)35-33(41)23-3-5-24(6-4-23)34(42)36-26-9-13-28(14-10-26)38-40-30-17-21-32(44-2)22-18-30/h3-22H,1-2H3,(H,35,41)(H,36,42)/b39-37+,40-38+. The summed E-state index contributed by atoms with van der Waals surface area (Å²) in [6, 6.07) is 34.9. The van der Waals surface area contributed by atoms with Crippen LogP contribution in [0, 0.1) is 0 Å². The summed E-state index contributed by atoms with van der Waals surface area (Å²) in [5.74, 6) is 0.887. The van der Waals surface area contributed by atoms with Gasteiger partial charge in [0.2, 0.25) is 0 Å². The lowest BCUT2D eigenvalue weighted by Gasteiger charge is -2.08. The molecule has 0 aromatic heterocycles. The zero-order valence-electron chi connectivity index (χ0n) is 24.0. The first-order chi connectivity index (χ1) is 21.5. The molecule has 2 N–H and O–H groups in total. The van der Waals surface area contributed by atoms with E-state index in [1.807, 2.05) is 48.5 Å². The summed E-state index contributed by atoms with van der Waals surface area (Å²) in [6.45, 7) is 0. The molecule has 0 atom stereocenters. The second-order valence-corrected chi connectivity index (χ2v) is 9.38. The quantitative estimate of drug-likeness (QED) is 0.159. The van der Waals surface area contributed by atoms with E-state index in [0.29, 0.717) is 45.3 Å². The van der Waals surface area contributed by atoms with Crippen LogP contribution in [0.4, 0.5) is 34.1 Å². The van der Waals surface area contributed by atoms with Crippen molar-refractivity contribution in [3.05, 3.63) is 132 Å². The number of hydrogen-bond acceptors (Lipinski definition) is 8. The van der Waals surface area contributed by atoms with Gasteiger partial charge in [0.15, 0.2) is 0 Å². The average molecular weight is 585 g/mol. The third-order valence-corrected chi connectivity index (χ3v) is 6.37. The second kappa shape index (κ2) is 14.1. The fourth-order valence-corrected chi connectivity index (χ4v) is 3.93. The fourth-order valence-electron chi connectivity index (χ4n) is 3.93. The van der Waals surface area contributed by atoms with Gasteiger partial charge in [-0.3, -0.25) is 9.59 Å². The van der Waals surface area contributed by atoms with Crippen molar-refractivity contribution in [3.63, 3.8) is 0 Å². The smallest absolute Gasteiger partial charge is 0.255 e. The molecule has 0 aliphatic rings. The number of carbonyl (C=O) groups is 2. The van der Waals surface area contributed by atoms with Gasteiger partial charge in [0.05, 0.1) is 37.0 Å². The molecular weight excluding hydrogens is 556 g/mol. The minimum Gasteiger partial charge on any atom is -0.497 e. The summed E-state index contributed by atoms with van der Waals surface area (Å²) in [4.78, 5) is 25.5. The first kappa shape index (κ1) is 29.3. The molecule has 0 heterocycles. The van der Waals surface area contributed by atoms with Gasteiger partial charge in [-0.05, 0) is 121 Å². The SMILES string of the molecule is COc1ccc(/N=N/c2ccc(NC(=O)c3ccc(C(=O)Nc4ccc(/N=N/c5ccc(OC)cc5)cc4)cc3)cc2)cc1. The van der Waals surface area contributed by atoms with E-state index in [2.05, 4.69) is 31.1 Å². The van der Waals surface area contributed by atoms with Crippen molar-refractivity contribution in [1.82, 2.24) is 0 Å². The molecule has 10 heteroatoms. The van der Waals surface area contributed by atoms with Crippen LogP contribution >= 0.6 is 0 Å². The summed E-state index contributed by atoms with van der Waals surface area (Å²) in [7, 11) is 3.21. The minimum atomic E-state index is -0.302. The molecule has 10 nitrogen and oxygen atoms in total. The molecular formula is C34H28N6O4. The maximum atomic E-state index is 12.8. The van der Waals surface area contributed by atoms with Gasteiger partial charge in [0, 0.05) is 22.5 Å². The monoisotopic (exact) mass is 584 g/mol. The number of carbonyl (C=O) groups excluding carboxylic acids is 2. The zero-order chi connectivity index (χ0) is 30.7. The number of amides is 2. The van der Waals surface area contributed by atoms with Gasteiger partial charge in [-0.2, -0.15) is 20.5 Å². The summed E-state index contributed by atoms with van der Waals surface area (Å²) in [6.07, 6.45) is 0. The topological polar surface area (TPSA) is 126 Å². The molecule has 0 bridgehead atoms. The number of benzene rings is 5. The van der Waals surface area contributed by atoms with Crippen molar-refractivity contribution >= 4 is 45.9 Å². The highest BCUT2D eigenvalue weighted by Gasteiger charge is 2.10. The molecule has 44 heavy (non-hydrogen) atoms. The first-order valence-electron chi connectivity index (χ1n) is 13.5. The van der Waals surface area contributed by atoms with E-state index >= 15 is 0 Å². The third kappa shape index (κ3) is 7.98. The molecule has 5 rings (SSSR count).